The van der Waals surface area contributed by atoms with E-state index in [0.717, 1.165) is 34.5 Å². The molecule has 2 bridgehead atoms. The minimum Gasteiger partial charge on any atom is -0.366 e. The molecule has 0 radical (unpaired) electrons. The molecule has 5 nitrogen and oxygen atoms in total. The van der Waals surface area contributed by atoms with Gasteiger partial charge in [-0.15, -0.1) is 0 Å². The Bertz CT molecular complexity index is 1580. The lowest BCUT2D eigenvalue weighted by atomic mass is 9.62. The molecule has 3 heterocycles. The van der Waals surface area contributed by atoms with E-state index in [9.17, 15) is 8.78 Å². The van der Waals surface area contributed by atoms with Crippen LogP contribution in [0.2, 0.25) is 0 Å². The van der Waals surface area contributed by atoms with Crippen LogP contribution in [0, 0.1) is 29.4 Å². The number of nitrogens with one attached hydrogen (secondary N) is 2. The Balaban J connectivity index is 1.42. The molecule has 0 spiro atoms. The van der Waals surface area contributed by atoms with Gasteiger partial charge in [-0.3, -0.25) is 0 Å². The Hall–Kier alpha value is -3.74. The number of nitrogens with zero attached hydrogens (tertiary/aromatic N) is 3. The zero-order valence-electron chi connectivity index (χ0n) is 20.0. The van der Waals surface area contributed by atoms with Gasteiger partial charge in [0.1, 0.15) is 17.5 Å². The van der Waals surface area contributed by atoms with Crippen LogP contribution in [-0.2, 0) is 0 Å². The van der Waals surface area contributed by atoms with Crippen LogP contribution in [0.15, 0.2) is 60.9 Å². The van der Waals surface area contributed by atoms with Gasteiger partial charge >= 0.3 is 0 Å². The molecule has 0 saturated heterocycles. The van der Waals surface area contributed by atoms with Crippen LogP contribution in [0.5, 0.6) is 0 Å². The number of rotatable bonds is 4. The molecule has 3 fully saturated rings. The number of H-pyrrole nitrogens is 1. The molecule has 3 aliphatic rings. The molecule has 5 aromatic rings. The van der Waals surface area contributed by atoms with Crippen molar-refractivity contribution in [3.05, 3.63) is 72.6 Å². The van der Waals surface area contributed by atoms with Gasteiger partial charge in [0, 0.05) is 41.1 Å². The van der Waals surface area contributed by atoms with Crippen LogP contribution in [0.4, 0.5) is 14.6 Å². The van der Waals surface area contributed by atoms with Crippen LogP contribution in [0.3, 0.4) is 0 Å². The molecule has 8 rings (SSSR count). The van der Waals surface area contributed by atoms with Crippen LogP contribution in [0.25, 0.3) is 39.0 Å². The van der Waals surface area contributed by atoms with Crippen LogP contribution >= 0.6 is 0 Å². The first-order valence-corrected chi connectivity index (χ1v) is 12.7. The largest absolute Gasteiger partial charge is 0.366 e. The molecule has 3 aliphatic carbocycles. The lowest BCUT2D eigenvalue weighted by molar-refractivity contribution is 0.0929. The van der Waals surface area contributed by atoms with Crippen molar-refractivity contribution < 1.29 is 8.78 Å². The van der Waals surface area contributed by atoms with E-state index in [1.807, 2.05) is 41.1 Å². The van der Waals surface area contributed by atoms with Crippen molar-refractivity contribution in [2.45, 2.75) is 38.6 Å². The molecule has 7 heteroatoms. The van der Waals surface area contributed by atoms with Gasteiger partial charge < -0.3 is 14.9 Å². The molecule has 0 amide bonds. The van der Waals surface area contributed by atoms with E-state index in [1.54, 1.807) is 6.20 Å². The summed E-state index contributed by atoms with van der Waals surface area (Å²) in [5, 5.41) is 5.19. The molecule has 2 unspecified atom stereocenters. The second-order valence-corrected chi connectivity index (χ2v) is 10.4. The lowest BCUT2D eigenvalue weighted by Crippen LogP contribution is -2.47. The van der Waals surface area contributed by atoms with Crippen molar-refractivity contribution in [3.63, 3.8) is 0 Å². The quantitative estimate of drug-likeness (QED) is 0.287. The average Bonchev–Trinajstić information content (AvgIpc) is 3.52. The summed E-state index contributed by atoms with van der Waals surface area (Å²) in [5.41, 5.74) is 2.58. The summed E-state index contributed by atoms with van der Waals surface area (Å²) in [6, 6.07) is 14.7. The van der Waals surface area contributed by atoms with E-state index in [2.05, 4.69) is 23.3 Å². The third-order valence-corrected chi connectivity index (χ3v) is 8.46. The Morgan fingerprint density at radius 1 is 0.944 bits per heavy atom. The highest BCUT2D eigenvalue weighted by molar-refractivity contribution is 5.97. The van der Waals surface area contributed by atoms with Gasteiger partial charge in [-0.05, 0) is 67.7 Å². The maximum Gasteiger partial charge on any atom is 0.166 e. The SMILES string of the molecule is CC1C2CCC(CC2)C1Nc1nc(-c2c[nH]c3c(F)cc(F)cc23)nc2c1ccn2-c1ccccc1. The third kappa shape index (κ3) is 3.33. The number of hydrogen-bond donors (Lipinski definition) is 2. The smallest absolute Gasteiger partial charge is 0.166 e. The molecule has 0 aliphatic heterocycles. The van der Waals surface area contributed by atoms with Crippen molar-refractivity contribution >= 4 is 27.8 Å². The monoisotopic (exact) mass is 483 g/mol. The van der Waals surface area contributed by atoms with E-state index in [0.29, 0.717) is 34.7 Å². The van der Waals surface area contributed by atoms with Gasteiger partial charge in [0.05, 0.1) is 10.9 Å². The Labute approximate surface area is 207 Å². The average molecular weight is 484 g/mol. The highest BCUT2D eigenvalue weighted by Crippen LogP contribution is 2.46. The van der Waals surface area contributed by atoms with Crippen molar-refractivity contribution in [1.29, 1.82) is 0 Å². The van der Waals surface area contributed by atoms with Crippen molar-refractivity contribution in [1.82, 2.24) is 19.5 Å². The van der Waals surface area contributed by atoms with Gasteiger partial charge in [0.15, 0.2) is 11.5 Å². The summed E-state index contributed by atoms with van der Waals surface area (Å²) in [5.74, 6) is 1.91. The zero-order chi connectivity index (χ0) is 24.4. The predicted octanol–water partition coefficient (Wildman–Crippen LogP) is 7.08. The van der Waals surface area contributed by atoms with E-state index in [1.165, 1.54) is 31.7 Å². The van der Waals surface area contributed by atoms with Crippen molar-refractivity contribution in [2.24, 2.45) is 17.8 Å². The zero-order valence-corrected chi connectivity index (χ0v) is 20.0. The molecule has 2 aromatic carbocycles. The maximum atomic E-state index is 14.5. The second kappa shape index (κ2) is 8.15. The Morgan fingerprint density at radius 2 is 1.72 bits per heavy atom. The van der Waals surface area contributed by atoms with Crippen molar-refractivity contribution in [2.75, 3.05) is 5.32 Å². The highest BCUT2D eigenvalue weighted by atomic mass is 19.1. The molecular weight excluding hydrogens is 456 g/mol. The summed E-state index contributed by atoms with van der Waals surface area (Å²) in [7, 11) is 0. The van der Waals surface area contributed by atoms with E-state index < -0.39 is 11.6 Å². The van der Waals surface area contributed by atoms with Gasteiger partial charge in [-0.2, -0.15) is 0 Å². The summed E-state index contributed by atoms with van der Waals surface area (Å²) >= 11 is 0. The van der Waals surface area contributed by atoms with Gasteiger partial charge in [-0.25, -0.2) is 18.7 Å². The normalized spacial score (nSPS) is 23.5. The second-order valence-electron chi connectivity index (χ2n) is 10.4. The lowest BCUT2D eigenvalue weighted by Gasteiger charge is -2.47. The highest BCUT2D eigenvalue weighted by Gasteiger charge is 2.41. The fourth-order valence-electron chi connectivity index (χ4n) is 6.54. The summed E-state index contributed by atoms with van der Waals surface area (Å²) in [6.45, 7) is 2.35. The molecule has 182 valence electrons. The summed E-state index contributed by atoms with van der Waals surface area (Å²) in [4.78, 5) is 12.9. The van der Waals surface area contributed by atoms with Crippen molar-refractivity contribution in [3.8, 4) is 17.1 Å². The van der Waals surface area contributed by atoms with E-state index in [-0.39, 0.29) is 5.52 Å². The molecule has 2 N–H and O–H groups in total. The number of anilines is 1. The third-order valence-electron chi connectivity index (χ3n) is 8.46. The van der Waals surface area contributed by atoms with Gasteiger partial charge in [-0.1, -0.05) is 25.1 Å². The Morgan fingerprint density at radius 3 is 2.50 bits per heavy atom. The topological polar surface area (TPSA) is 58.5 Å². The fraction of sp³-hybridized carbons (Fsp3) is 0.310. The predicted molar refractivity (Wildman–Crippen MR) is 138 cm³/mol. The first-order valence-electron chi connectivity index (χ1n) is 12.7. The molecular formula is C29H27F2N5. The molecule has 36 heavy (non-hydrogen) atoms. The number of hydrogen-bond acceptors (Lipinski definition) is 3. The first kappa shape index (κ1) is 21.5. The van der Waals surface area contributed by atoms with Crippen LogP contribution in [-0.4, -0.2) is 25.6 Å². The van der Waals surface area contributed by atoms with E-state index in [4.69, 9.17) is 9.97 Å². The number of aromatic amines is 1. The number of halogens is 2. The fourth-order valence-corrected chi connectivity index (χ4v) is 6.54. The standard InChI is InChI=1S/C29H27F2N5/c1-16-17-7-9-18(10-8-17)25(16)33-27-21-11-12-36(20-5-3-2-4-6-20)29(21)35-28(34-27)23-15-32-26-22(23)13-19(30)14-24(26)31/h2-6,11-18,25,32H,7-10H2,1H3,(H,33,34,35). The maximum absolute atomic E-state index is 14.5. The van der Waals surface area contributed by atoms with Gasteiger partial charge in [0.25, 0.3) is 0 Å². The van der Waals surface area contributed by atoms with Crippen LogP contribution in [0.1, 0.15) is 32.6 Å². The number of benzene rings is 2. The number of fused-ring (bicyclic) bond motifs is 5. The molecule has 3 saturated carbocycles. The minimum atomic E-state index is -0.629. The summed E-state index contributed by atoms with van der Waals surface area (Å²) in [6.07, 6.45) is 8.80. The van der Waals surface area contributed by atoms with Crippen LogP contribution < -0.4 is 5.32 Å². The minimum absolute atomic E-state index is 0.251. The van der Waals surface area contributed by atoms with Gasteiger partial charge in [0.2, 0.25) is 0 Å². The summed E-state index contributed by atoms with van der Waals surface area (Å²) < 4.78 is 30.7. The first-order chi connectivity index (χ1) is 17.6. The number of para-hydroxylation sites is 1. The van der Waals surface area contributed by atoms with E-state index >= 15 is 0 Å². The number of aromatic nitrogens is 4. The molecule has 3 aromatic heterocycles. The molecule has 2 atom stereocenters. The Kier molecular flexibility index (Phi) is 4.88.